The minimum atomic E-state index is -0.555. The van der Waals surface area contributed by atoms with Gasteiger partial charge >= 0.3 is 0 Å². The van der Waals surface area contributed by atoms with Crippen molar-refractivity contribution in [2.75, 3.05) is 19.5 Å². The van der Waals surface area contributed by atoms with Gasteiger partial charge in [0.05, 0.1) is 20.1 Å². The molecule has 5 heteroatoms. The quantitative estimate of drug-likeness (QED) is 0.909. The molecule has 108 valence electrons. The number of phenolic OH excluding ortho intramolecular Hbond substituents is 1. The Balaban J connectivity index is 2.15. The number of aromatic hydroxyl groups is 1. The predicted octanol–water partition coefficient (Wildman–Crippen LogP) is 2.49. The van der Waals surface area contributed by atoms with E-state index in [-0.39, 0.29) is 11.7 Å². The number of carbonyl (C=O) groups is 1. The highest BCUT2D eigenvalue weighted by Crippen LogP contribution is 2.44. The summed E-state index contributed by atoms with van der Waals surface area (Å²) in [5, 5.41) is 13.0. The fraction of sp³-hybridized carbons (Fsp3) is 0.188. The van der Waals surface area contributed by atoms with Crippen molar-refractivity contribution in [2.45, 2.75) is 5.92 Å². The molecule has 0 radical (unpaired) electrons. The van der Waals surface area contributed by atoms with Crippen molar-refractivity contribution in [1.82, 2.24) is 0 Å². The highest BCUT2D eigenvalue weighted by molar-refractivity contribution is 6.05. The Morgan fingerprint density at radius 2 is 1.71 bits per heavy atom. The number of hydrogen-bond donors (Lipinski definition) is 2. The lowest BCUT2D eigenvalue weighted by Crippen LogP contribution is -2.13. The molecule has 1 heterocycles. The standard InChI is InChI=1S/C16H15NO4/c1-20-13-7-10(12(18)8-14(13)21-2)15-9-5-3-4-6-11(9)17-16(15)19/h3-8,15,18H,1-2H3,(H,17,19). The second-order valence-corrected chi connectivity index (χ2v) is 4.78. The first-order valence-electron chi connectivity index (χ1n) is 6.50. The largest absolute Gasteiger partial charge is 0.507 e. The van der Waals surface area contributed by atoms with Gasteiger partial charge in [0, 0.05) is 17.3 Å². The zero-order chi connectivity index (χ0) is 15.0. The van der Waals surface area contributed by atoms with E-state index in [2.05, 4.69) is 5.32 Å². The Bertz CT molecular complexity index is 711. The van der Waals surface area contributed by atoms with Crippen LogP contribution >= 0.6 is 0 Å². The molecule has 1 unspecified atom stereocenters. The van der Waals surface area contributed by atoms with Crippen molar-refractivity contribution < 1.29 is 19.4 Å². The van der Waals surface area contributed by atoms with Crippen molar-refractivity contribution in [3.63, 3.8) is 0 Å². The van der Waals surface area contributed by atoms with E-state index < -0.39 is 5.92 Å². The average Bonchev–Trinajstić information content (AvgIpc) is 2.83. The Morgan fingerprint density at radius 1 is 1.05 bits per heavy atom. The van der Waals surface area contributed by atoms with Crippen LogP contribution in [0.2, 0.25) is 0 Å². The van der Waals surface area contributed by atoms with Gasteiger partial charge in [-0.3, -0.25) is 4.79 Å². The molecule has 0 bridgehead atoms. The molecule has 0 aliphatic carbocycles. The number of phenols is 1. The molecule has 0 saturated carbocycles. The number of hydrogen-bond acceptors (Lipinski definition) is 4. The molecule has 5 nitrogen and oxygen atoms in total. The van der Waals surface area contributed by atoms with Crippen molar-refractivity contribution >= 4 is 11.6 Å². The zero-order valence-corrected chi connectivity index (χ0v) is 11.7. The fourth-order valence-electron chi connectivity index (χ4n) is 2.63. The molecule has 0 saturated heterocycles. The van der Waals surface area contributed by atoms with Crippen LogP contribution in [0.3, 0.4) is 0 Å². The van der Waals surface area contributed by atoms with E-state index in [4.69, 9.17) is 9.47 Å². The first kappa shape index (κ1) is 13.3. The number of rotatable bonds is 3. The van der Waals surface area contributed by atoms with Crippen LogP contribution in [-0.2, 0) is 4.79 Å². The monoisotopic (exact) mass is 285 g/mol. The topological polar surface area (TPSA) is 67.8 Å². The van der Waals surface area contributed by atoms with Gasteiger partial charge < -0.3 is 19.9 Å². The molecule has 0 fully saturated rings. The number of ether oxygens (including phenoxy) is 2. The summed E-state index contributed by atoms with van der Waals surface area (Å²) in [5.74, 6) is 0.178. The highest BCUT2D eigenvalue weighted by Gasteiger charge is 2.34. The van der Waals surface area contributed by atoms with E-state index in [1.807, 2.05) is 24.3 Å². The second kappa shape index (κ2) is 5.01. The number of methoxy groups -OCH3 is 2. The number of nitrogens with one attached hydrogen (secondary N) is 1. The molecule has 2 aromatic rings. The third-order valence-electron chi connectivity index (χ3n) is 3.64. The Hall–Kier alpha value is -2.69. The lowest BCUT2D eigenvalue weighted by Gasteiger charge is -2.15. The number of carbonyl (C=O) groups excluding carboxylic acids is 1. The summed E-state index contributed by atoms with van der Waals surface area (Å²) in [6, 6.07) is 10.5. The summed E-state index contributed by atoms with van der Waals surface area (Å²) in [4.78, 5) is 12.2. The van der Waals surface area contributed by atoms with E-state index in [1.165, 1.54) is 20.3 Å². The maximum Gasteiger partial charge on any atom is 0.236 e. The molecule has 1 aliphatic heterocycles. The third-order valence-corrected chi connectivity index (χ3v) is 3.64. The summed E-state index contributed by atoms with van der Waals surface area (Å²) in [5.41, 5.74) is 2.10. The number of anilines is 1. The van der Waals surface area contributed by atoms with E-state index in [0.29, 0.717) is 17.1 Å². The normalized spacial score (nSPS) is 16.3. The van der Waals surface area contributed by atoms with Gasteiger partial charge in [0.25, 0.3) is 0 Å². The van der Waals surface area contributed by atoms with Gasteiger partial charge in [-0.1, -0.05) is 18.2 Å². The maximum absolute atomic E-state index is 12.2. The molecular formula is C16H15NO4. The van der Waals surface area contributed by atoms with Gasteiger partial charge in [0.1, 0.15) is 5.75 Å². The van der Waals surface area contributed by atoms with Gasteiger partial charge in [-0.25, -0.2) is 0 Å². The molecule has 2 N–H and O–H groups in total. The van der Waals surface area contributed by atoms with Crippen LogP contribution in [0.25, 0.3) is 0 Å². The van der Waals surface area contributed by atoms with Crippen molar-refractivity contribution in [3.05, 3.63) is 47.5 Å². The summed E-state index contributed by atoms with van der Waals surface area (Å²) in [6.45, 7) is 0. The molecule has 3 rings (SSSR count). The summed E-state index contributed by atoms with van der Waals surface area (Å²) in [7, 11) is 3.01. The van der Waals surface area contributed by atoms with E-state index >= 15 is 0 Å². The fourth-order valence-corrected chi connectivity index (χ4v) is 2.63. The molecule has 1 amide bonds. The lowest BCUT2D eigenvalue weighted by molar-refractivity contribution is -0.116. The van der Waals surface area contributed by atoms with Crippen LogP contribution in [0.1, 0.15) is 17.0 Å². The van der Waals surface area contributed by atoms with Gasteiger partial charge in [-0.05, 0) is 17.7 Å². The SMILES string of the molecule is COc1cc(O)c(C2C(=O)Nc3ccccc32)cc1OC. The van der Waals surface area contributed by atoms with E-state index in [9.17, 15) is 9.90 Å². The van der Waals surface area contributed by atoms with Gasteiger partial charge in [-0.15, -0.1) is 0 Å². The average molecular weight is 285 g/mol. The van der Waals surface area contributed by atoms with Crippen LogP contribution in [-0.4, -0.2) is 25.2 Å². The summed E-state index contributed by atoms with van der Waals surface area (Å²) < 4.78 is 10.4. The zero-order valence-electron chi connectivity index (χ0n) is 11.7. The maximum atomic E-state index is 12.2. The van der Waals surface area contributed by atoms with E-state index in [1.54, 1.807) is 6.07 Å². The number of fused-ring (bicyclic) bond motifs is 1. The summed E-state index contributed by atoms with van der Waals surface area (Å²) in [6.07, 6.45) is 0. The lowest BCUT2D eigenvalue weighted by atomic mass is 9.91. The van der Waals surface area contributed by atoms with Crippen molar-refractivity contribution in [2.24, 2.45) is 0 Å². The van der Waals surface area contributed by atoms with Gasteiger partial charge in [0.2, 0.25) is 5.91 Å². The van der Waals surface area contributed by atoms with Crippen LogP contribution in [0, 0.1) is 0 Å². The first-order chi connectivity index (χ1) is 10.2. The minimum absolute atomic E-state index is 0.00417. The molecule has 21 heavy (non-hydrogen) atoms. The van der Waals surface area contributed by atoms with Gasteiger partial charge in [-0.2, -0.15) is 0 Å². The number of benzene rings is 2. The third kappa shape index (κ3) is 2.07. The molecule has 2 aromatic carbocycles. The van der Waals surface area contributed by atoms with Crippen LogP contribution in [0.4, 0.5) is 5.69 Å². The summed E-state index contributed by atoms with van der Waals surface area (Å²) >= 11 is 0. The Labute approximate surface area is 122 Å². The highest BCUT2D eigenvalue weighted by atomic mass is 16.5. The Morgan fingerprint density at radius 3 is 2.43 bits per heavy atom. The Kier molecular flexibility index (Phi) is 3.17. The van der Waals surface area contributed by atoms with Crippen molar-refractivity contribution in [1.29, 1.82) is 0 Å². The molecule has 0 aromatic heterocycles. The molecular weight excluding hydrogens is 270 g/mol. The van der Waals surface area contributed by atoms with E-state index in [0.717, 1.165) is 11.3 Å². The first-order valence-corrected chi connectivity index (χ1v) is 6.50. The number of amides is 1. The smallest absolute Gasteiger partial charge is 0.236 e. The van der Waals surface area contributed by atoms with Crippen LogP contribution < -0.4 is 14.8 Å². The van der Waals surface area contributed by atoms with Crippen LogP contribution in [0.15, 0.2) is 36.4 Å². The predicted molar refractivity (Wildman–Crippen MR) is 78.1 cm³/mol. The van der Waals surface area contributed by atoms with Crippen LogP contribution in [0.5, 0.6) is 17.2 Å². The second-order valence-electron chi connectivity index (χ2n) is 4.78. The van der Waals surface area contributed by atoms with Crippen molar-refractivity contribution in [3.8, 4) is 17.2 Å². The molecule has 1 aliphatic rings. The number of para-hydroxylation sites is 1. The minimum Gasteiger partial charge on any atom is -0.507 e. The van der Waals surface area contributed by atoms with Gasteiger partial charge in [0.15, 0.2) is 11.5 Å². The molecule has 0 spiro atoms. The molecule has 1 atom stereocenters.